The fourth-order valence-electron chi connectivity index (χ4n) is 1.59. The van der Waals surface area contributed by atoms with Gasteiger partial charge in [-0.2, -0.15) is 0 Å². The van der Waals surface area contributed by atoms with Crippen molar-refractivity contribution in [2.24, 2.45) is 5.73 Å². The number of rotatable bonds is 3. The molecular formula is C13H14ClN3. The third-order valence-corrected chi connectivity index (χ3v) is 2.90. The Hall–Kier alpha value is -1.45. The molecule has 0 spiro atoms. The van der Waals surface area contributed by atoms with Gasteiger partial charge >= 0.3 is 0 Å². The van der Waals surface area contributed by atoms with Gasteiger partial charge in [0.05, 0.1) is 6.04 Å². The molecule has 0 radical (unpaired) electrons. The predicted octanol–water partition coefficient (Wildman–Crippen LogP) is 2.68. The second kappa shape index (κ2) is 5.25. The van der Waals surface area contributed by atoms with E-state index in [2.05, 4.69) is 9.97 Å². The third kappa shape index (κ3) is 3.02. The van der Waals surface area contributed by atoms with E-state index in [1.165, 1.54) is 0 Å². The summed E-state index contributed by atoms with van der Waals surface area (Å²) >= 11 is 6.08. The summed E-state index contributed by atoms with van der Waals surface area (Å²) in [7, 11) is 0. The molecule has 2 N–H and O–H groups in total. The predicted molar refractivity (Wildman–Crippen MR) is 68.9 cm³/mol. The summed E-state index contributed by atoms with van der Waals surface area (Å²) in [5, 5.41) is 0.732. The molecule has 3 nitrogen and oxygen atoms in total. The SMILES string of the molecule is Cc1cnc(C(N)Cc2ccccc2Cl)nc1. The Morgan fingerprint density at radius 1 is 1.24 bits per heavy atom. The monoisotopic (exact) mass is 247 g/mol. The first-order valence-electron chi connectivity index (χ1n) is 5.44. The van der Waals surface area contributed by atoms with Crippen LogP contribution in [0.1, 0.15) is 23.0 Å². The maximum absolute atomic E-state index is 6.08. The van der Waals surface area contributed by atoms with Crippen molar-refractivity contribution < 1.29 is 0 Å². The van der Waals surface area contributed by atoms with Gasteiger partial charge in [0.25, 0.3) is 0 Å². The number of aryl methyl sites for hydroxylation is 1. The number of nitrogens with zero attached hydrogens (tertiary/aromatic N) is 2. The van der Waals surface area contributed by atoms with E-state index in [-0.39, 0.29) is 6.04 Å². The summed E-state index contributed by atoms with van der Waals surface area (Å²) in [5.74, 6) is 0.649. The van der Waals surface area contributed by atoms with E-state index in [0.29, 0.717) is 12.2 Å². The summed E-state index contributed by atoms with van der Waals surface area (Å²) in [6.45, 7) is 1.95. The van der Waals surface area contributed by atoms with E-state index in [0.717, 1.165) is 16.1 Å². The Bertz CT molecular complexity index is 496. The molecule has 0 aliphatic rings. The van der Waals surface area contributed by atoms with Gasteiger partial charge in [-0.15, -0.1) is 0 Å². The van der Waals surface area contributed by atoms with E-state index >= 15 is 0 Å². The number of nitrogens with two attached hydrogens (primary N) is 1. The number of halogens is 1. The highest BCUT2D eigenvalue weighted by Gasteiger charge is 2.11. The smallest absolute Gasteiger partial charge is 0.145 e. The van der Waals surface area contributed by atoms with Crippen LogP contribution in [-0.2, 0) is 6.42 Å². The van der Waals surface area contributed by atoms with Crippen molar-refractivity contribution in [3.8, 4) is 0 Å². The maximum Gasteiger partial charge on any atom is 0.145 e. The van der Waals surface area contributed by atoms with Crippen LogP contribution < -0.4 is 5.73 Å². The van der Waals surface area contributed by atoms with E-state index < -0.39 is 0 Å². The Balaban J connectivity index is 2.14. The highest BCUT2D eigenvalue weighted by atomic mass is 35.5. The maximum atomic E-state index is 6.08. The van der Waals surface area contributed by atoms with Crippen LogP contribution in [0.15, 0.2) is 36.7 Å². The number of benzene rings is 1. The lowest BCUT2D eigenvalue weighted by atomic mass is 10.1. The van der Waals surface area contributed by atoms with Gasteiger partial charge in [-0.3, -0.25) is 0 Å². The molecule has 1 unspecified atom stereocenters. The zero-order chi connectivity index (χ0) is 12.3. The van der Waals surface area contributed by atoms with Crippen molar-refractivity contribution >= 4 is 11.6 Å². The number of aromatic nitrogens is 2. The van der Waals surface area contributed by atoms with E-state index in [1.807, 2.05) is 31.2 Å². The number of hydrogen-bond acceptors (Lipinski definition) is 3. The third-order valence-electron chi connectivity index (χ3n) is 2.53. The normalized spacial score (nSPS) is 12.4. The molecule has 1 aromatic carbocycles. The van der Waals surface area contributed by atoms with Crippen molar-refractivity contribution in [2.75, 3.05) is 0 Å². The molecule has 0 fully saturated rings. The van der Waals surface area contributed by atoms with E-state index in [1.54, 1.807) is 12.4 Å². The first-order valence-corrected chi connectivity index (χ1v) is 5.82. The Labute approximate surface area is 106 Å². The van der Waals surface area contributed by atoms with Gasteiger partial charge in [-0.25, -0.2) is 9.97 Å². The molecule has 0 saturated heterocycles. The lowest BCUT2D eigenvalue weighted by Gasteiger charge is -2.11. The summed E-state index contributed by atoms with van der Waals surface area (Å²) in [6, 6.07) is 7.45. The average Bonchev–Trinajstić information content (AvgIpc) is 2.33. The summed E-state index contributed by atoms with van der Waals surface area (Å²) in [4.78, 5) is 8.45. The zero-order valence-electron chi connectivity index (χ0n) is 9.60. The van der Waals surface area contributed by atoms with Crippen molar-refractivity contribution in [2.45, 2.75) is 19.4 Å². The van der Waals surface area contributed by atoms with E-state index in [4.69, 9.17) is 17.3 Å². The van der Waals surface area contributed by atoms with Gasteiger partial charge in [0.15, 0.2) is 0 Å². The van der Waals surface area contributed by atoms with Crippen LogP contribution >= 0.6 is 11.6 Å². The molecule has 2 rings (SSSR count). The standard InChI is InChI=1S/C13H14ClN3/c1-9-7-16-13(17-8-9)12(15)6-10-4-2-3-5-11(10)14/h2-5,7-8,12H,6,15H2,1H3. The molecule has 0 saturated carbocycles. The summed E-state index contributed by atoms with van der Waals surface area (Å²) in [6.07, 6.45) is 4.19. The summed E-state index contributed by atoms with van der Waals surface area (Å²) < 4.78 is 0. The van der Waals surface area contributed by atoms with E-state index in [9.17, 15) is 0 Å². The molecule has 1 atom stereocenters. The molecule has 0 amide bonds. The van der Waals surface area contributed by atoms with Crippen LogP contribution in [0, 0.1) is 6.92 Å². The van der Waals surface area contributed by atoms with Crippen LogP contribution in [0.5, 0.6) is 0 Å². The van der Waals surface area contributed by atoms with Gasteiger partial charge in [0.2, 0.25) is 0 Å². The minimum atomic E-state index is -0.226. The lowest BCUT2D eigenvalue weighted by Crippen LogP contribution is -2.16. The Morgan fingerprint density at radius 3 is 2.53 bits per heavy atom. The largest absolute Gasteiger partial charge is 0.321 e. The number of hydrogen-bond donors (Lipinski definition) is 1. The minimum Gasteiger partial charge on any atom is -0.321 e. The first-order chi connectivity index (χ1) is 8.16. The van der Waals surface area contributed by atoms with Crippen LogP contribution in [0.25, 0.3) is 0 Å². The molecule has 17 heavy (non-hydrogen) atoms. The molecule has 1 heterocycles. The highest BCUT2D eigenvalue weighted by molar-refractivity contribution is 6.31. The second-order valence-electron chi connectivity index (χ2n) is 4.02. The Morgan fingerprint density at radius 2 is 1.88 bits per heavy atom. The van der Waals surface area contributed by atoms with Gasteiger partial charge in [0.1, 0.15) is 5.82 Å². The van der Waals surface area contributed by atoms with Gasteiger partial charge in [-0.1, -0.05) is 29.8 Å². The fraction of sp³-hybridized carbons (Fsp3) is 0.231. The topological polar surface area (TPSA) is 51.8 Å². The van der Waals surface area contributed by atoms with Crippen LogP contribution in [0.4, 0.5) is 0 Å². The van der Waals surface area contributed by atoms with Gasteiger partial charge in [-0.05, 0) is 30.5 Å². The molecule has 0 aliphatic heterocycles. The Kier molecular flexibility index (Phi) is 3.71. The summed E-state index contributed by atoms with van der Waals surface area (Å²) in [5.41, 5.74) is 8.11. The molecule has 1 aromatic heterocycles. The van der Waals surface area contributed by atoms with Gasteiger partial charge in [0, 0.05) is 17.4 Å². The molecule has 0 aliphatic carbocycles. The second-order valence-corrected chi connectivity index (χ2v) is 4.43. The fourth-order valence-corrected chi connectivity index (χ4v) is 1.80. The highest BCUT2D eigenvalue weighted by Crippen LogP contribution is 2.20. The molecule has 2 aromatic rings. The van der Waals surface area contributed by atoms with Crippen LogP contribution in [0.3, 0.4) is 0 Å². The minimum absolute atomic E-state index is 0.226. The van der Waals surface area contributed by atoms with Crippen molar-refractivity contribution in [1.82, 2.24) is 9.97 Å². The van der Waals surface area contributed by atoms with Crippen molar-refractivity contribution in [3.63, 3.8) is 0 Å². The first kappa shape index (κ1) is 12.0. The van der Waals surface area contributed by atoms with Crippen molar-refractivity contribution in [3.05, 3.63) is 58.6 Å². The molecule has 4 heteroatoms. The lowest BCUT2D eigenvalue weighted by molar-refractivity contribution is 0.665. The van der Waals surface area contributed by atoms with Crippen LogP contribution in [-0.4, -0.2) is 9.97 Å². The quantitative estimate of drug-likeness (QED) is 0.907. The van der Waals surface area contributed by atoms with Crippen LogP contribution in [0.2, 0.25) is 5.02 Å². The molecule has 88 valence electrons. The zero-order valence-corrected chi connectivity index (χ0v) is 10.4. The molecular weight excluding hydrogens is 234 g/mol. The molecule has 0 bridgehead atoms. The van der Waals surface area contributed by atoms with Gasteiger partial charge < -0.3 is 5.73 Å². The van der Waals surface area contributed by atoms with Crippen molar-refractivity contribution in [1.29, 1.82) is 0 Å². The average molecular weight is 248 g/mol.